The lowest BCUT2D eigenvalue weighted by Crippen LogP contribution is -2.14. The summed E-state index contributed by atoms with van der Waals surface area (Å²) in [7, 11) is 0. The molecule has 1 nitrogen and oxygen atoms in total. The molecule has 1 aliphatic heterocycles. The number of hydrogen-bond donors (Lipinski definition) is 0. The van der Waals surface area contributed by atoms with Crippen LogP contribution in [0.4, 0.5) is 0 Å². The molecule has 1 atom stereocenters. The fourth-order valence-electron chi connectivity index (χ4n) is 0.565. The molecule has 0 saturated carbocycles. The lowest BCUT2D eigenvalue weighted by molar-refractivity contribution is 0.308. The predicted molar refractivity (Wildman–Crippen MR) is 40.2 cm³/mol. The smallest absolute Gasteiger partial charge is 0.220 e. The Morgan fingerprint density at radius 3 is 3.00 bits per heavy atom. The lowest BCUT2D eigenvalue weighted by atomic mass is 10.3. The maximum Gasteiger partial charge on any atom is 0.220 e. The van der Waals surface area contributed by atoms with Crippen LogP contribution in [-0.2, 0) is 4.74 Å². The van der Waals surface area contributed by atoms with Gasteiger partial charge in [0.05, 0.1) is 6.61 Å². The van der Waals surface area contributed by atoms with Crippen molar-refractivity contribution in [2.45, 2.75) is 18.6 Å². The monoisotopic (exact) mass is 148 g/mol. The van der Waals surface area contributed by atoms with E-state index >= 15 is 0 Å². The van der Waals surface area contributed by atoms with Crippen molar-refractivity contribution in [1.29, 1.82) is 0 Å². The van der Waals surface area contributed by atoms with Crippen LogP contribution in [0.2, 0.25) is 0 Å². The first-order chi connectivity index (χ1) is 3.79. The second kappa shape index (κ2) is 2.69. The predicted octanol–water partition coefficient (Wildman–Crippen LogP) is 1.81. The molecule has 0 aromatic rings. The van der Waals surface area contributed by atoms with Crippen molar-refractivity contribution in [3.8, 4) is 0 Å². The van der Waals surface area contributed by atoms with Gasteiger partial charge in [0.1, 0.15) is 0 Å². The van der Waals surface area contributed by atoms with Gasteiger partial charge < -0.3 is 4.74 Å². The van der Waals surface area contributed by atoms with Crippen molar-refractivity contribution in [1.82, 2.24) is 0 Å². The fraction of sp³-hybridized carbons (Fsp3) is 0.800. The van der Waals surface area contributed by atoms with E-state index in [1.165, 1.54) is 0 Å². The highest BCUT2D eigenvalue weighted by Crippen LogP contribution is 2.21. The summed E-state index contributed by atoms with van der Waals surface area (Å²) in [6.07, 6.45) is 1.13. The van der Waals surface area contributed by atoms with E-state index < -0.39 is 0 Å². The molecule has 1 aliphatic rings. The van der Waals surface area contributed by atoms with Gasteiger partial charge >= 0.3 is 0 Å². The van der Waals surface area contributed by atoms with Crippen LogP contribution in [0.5, 0.6) is 0 Å². The van der Waals surface area contributed by atoms with Gasteiger partial charge in [0.25, 0.3) is 0 Å². The minimum absolute atomic E-state index is 0.663. The van der Waals surface area contributed by atoms with Gasteiger partial charge in [0.15, 0.2) is 0 Å². The first kappa shape index (κ1) is 6.36. The first-order valence-corrected chi connectivity index (χ1v) is 3.91. The average molecular weight is 148 g/mol. The van der Waals surface area contributed by atoms with Crippen molar-refractivity contribution in [2.24, 2.45) is 0 Å². The average Bonchev–Trinajstić information content (AvgIpc) is 1.64. The van der Waals surface area contributed by atoms with Crippen LogP contribution < -0.4 is 0 Å². The van der Waals surface area contributed by atoms with Crippen LogP contribution in [0.15, 0.2) is 0 Å². The summed E-state index contributed by atoms with van der Waals surface area (Å²) >= 11 is 6.47. The summed E-state index contributed by atoms with van der Waals surface area (Å²) < 4.78 is 5.75. The van der Waals surface area contributed by atoms with Gasteiger partial charge in [-0.15, -0.1) is 0 Å². The van der Waals surface area contributed by atoms with Crippen LogP contribution in [0.3, 0.4) is 0 Å². The third kappa shape index (κ3) is 1.63. The molecule has 1 rings (SSSR count). The number of thioether (sulfide) groups is 1. The minimum atomic E-state index is 0.663. The summed E-state index contributed by atoms with van der Waals surface area (Å²) in [4.78, 5) is 0. The molecule has 1 fully saturated rings. The van der Waals surface area contributed by atoms with Crippen LogP contribution in [0, 0.1) is 0 Å². The van der Waals surface area contributed by atoms with E-state index in [9.17, 15) is 0 Å². The Hall–Kier alpha value is 0.240. The first-order valence-electron chi connectivity index (χ1n) is 2.62. The van der Waals surface area contributed by atoms with Gasteiger partial charge in [0, 0.05) is 5.25 Å². The van der Waals surface area contributed by atoms with Gasteiger partial charge in [-0.25, -0.2) is 0 Å². The summed E-state index contributed by atoms with van der Waals surface area (Å²) in [5.74, 6) is 0. The zero-order valence-electron chi connectivity index (χ0n) is 4.72. The molecule has 46 valence electrons. The van der Waals surface area contributed by atoms with E-state index in [-0.39, 0.29) is 0 Å². The second-order valence-corrected chi connectivity index (χ2v) is 3.86. The van der Waals surface area contributed by atoms with Crippen LogP contribution in [-0.4, -0.2) is 16.2 Å². The molecule has 0 aliphatic carbocycles. The Labute approximate surface area is 58.8 Å². The molecule has 1 unspecified atom stereocenters. The zero-order chi connectivity index (χ0) is 5.98. The topological polar surface area (TPSA) is 9.23 Å². The number of hydrogen-bond acceptors (Lipinski definition) is 3. The molecule has 0 aromatic heterocycles. The van der Waals surface area contributed by atoms with Crippen molar-refractivity contribution in [3.05, 3.63) is 0 Å². The minimum Gasteiger partial charge on any atom is -0.479 e. The normalized spacial score (nSPS) is 29.6. The fourth-order valence-corrected chi connectivity index (χ4v) is 1.84. The van der Waals surface area contributed by atoms with E-state index in [2.05, 4.69) is 6.92 Å². The van der Waals surface area contributed by atoms with E-state index in [1.807, 2.05) is 0 Å². The van der Waals surface area contributed by atoms with E-state index in [1.54, 1.807) is 11.8 Å². The highest BCUT2D eigenvalue weighted by molar-refractivity contribution is 8.23. The molecule has 0 N–H and O–H groups in total. The molecule has 0 spiro atoms. The van der Waals surface area contributed by atoms with Crippen LogP contribution in [0.25, 0.3) is 0 Å². The zero-order valence-corrected chi connectivity index (χ0v) is 6.35. The molecule has 1 saturated heterocycles. The highest BCUT2D eigenvalue weighted by Gasteiger charge is 2.12. The van der Waals surface area contributed by atoms with Crippen molar-refractivity contribution in [3.63, 3.8) is 0 Å². The van der Waals surface area contributed by atoms with Gasteiger partial charge in [-0.3, -0.25) is 0 Å². The number of thiocarbonyl (C=S) groups is 1. The third-order valence-corrected chi connectivity index (χ3v) is 2.40. The largest absolute Gasteiger partial charge is 0.479 e. The molecule has 0 aromatic carbocycles. The van der Waals surface area contributed by atoms with Crippen LogP contribution in [0.1, 0.15) is 13.3 Å². The third-order valence-electron chi connectivity index (χ3n) is 1.04. The molecule has 0 bridgehead atoms. The van der Waals surface area contributed by atoms with Gasteiger partial charge in [-0.05, 0) is 18.6 Å². The van der Waals surface area contributed by atoms with E-state index in [4.69, 9.17) is 17.0 Å². The maximum atomic E-state index is 5.04. The quantitative estimate of drug-likeness (QED) is 0.485. The van der Waals surface area contributed by atoms with Crippen molar-refractivity contribution in [2.75, 3.05) is 6.61 Å². The number of rotatable bonds is 0. The summed E-state index contributed by atoms with van der Waals surface area (Å²) in [5.41, 5.74) is 0. The van der Waals surface area contributed by atoms with Crippen molar-refractivity contribution >= 4 is 28.4 Å². The molecule has 0 amide bonds. The number of ether oxygens (including phenoxy) is 1. The van der Waals surface area contributed by atoms with Crippen molar-refractivity contribution < 1.29 is 4.74 Å². The molecular weight excluding hydrogens is 140 g/mol. The van der Waals surface area contributed by atoms with Gasteiger partial charge in [-0.1, -0.05) is 18.7 Å². The Bertz CT molecular complexity index is 103. The standard InChI is InChI=1S/C5H8OS2/c1-4-2-3-6-5(7)8-4/h4H,2-3H2,1H3. The Morgan fingerprint density at radius 1 is 1.88 bits per heavy atom. The molecule has 8 heavy (non-hydrogen) atoms. The van der Waals surface area contributed by atoms with Crippen LogP contribution >= 0.6 is 24.0 Å². The van der Waals surface area contributed by atoms with Gasteiger partial charge in [0.2, 0.25) is 4.38 Å². The molecule has 0 radical (unpaired) electrons. The second-order valence-electron chi connectivity index (χ2n) is 1.82. The Balaban J connectivity index is 2.34. The molecule has 1 heterocycles. The highest BCUT2D eigenvalue weighted by atomic mass is 32.2. The Kier molecular flexibility index (Phi) is 2.14. The molecular formula is C5H8OS2. The maximum absolute atomic E-state index is 5.04. The van der Waals surface area contributed by atoms with Gasteiger partial charge in [-0.2, -0.15) is 0 Å². The summed E-state index contributed by atoms with van der Waals surface area (Å²) in [5, 5.41) is 0.663. The summed E-state index contributed by atoms with van der Waals surface area (Å²) in [6, 6.07) is 0. The van der Waals surface area contributed by atoms with E-state index in [0.29, 0.717) is 9.63 Å². The molecule has 3 heteroatoms. The van der Waals surface area contributed by atoms with E-state index in [0.717, 1.165) is 13.0 Å². The summed E-state index contributed by atoms with van der Waals surface area (Å²) in [6.45, 7) is 2.98. The lowest BCUT2D eigenvalue weighted by Gasteiger charge is -2.17. The SMILES string of the molecule is CC1CCOC(=S)S1. The Morgan fingerprint density at radius 2 is 2.62 bits per heavy atom.